The summed E-state index contributed by atoms with van der Waals surface area (Å²) in [6.45, 7) is 17.7. The van der Waals surface area contributed by atoms with Crippen molar-refractivity contribution in [2.45, 2.75) is 146 Å². The number of ether oxygens (including phenoxy) is 9. The van der Waals surface area contributed by atoms with Crippen LogP contribution in [-0.2, 0) is 73.5 Å². The van der Waals surface area contributed by atoms with Gasteiger partial charge in [0.15, 0.2) is 20.9 Å². The molecule has 12 heteroatoms. The van der Waals surface area contributed by atoms with Crippen molar-refractivity contribution in [3.63, 3.8) is 0 Å². The fraction of sp³-hybridized carbons (Fsp3) is 0.474. The van der Waals surface area contributed by atoms with Crippen molar-refractivity contribution in [2.75, 3.05) is 19.0 Å². The van der Waals surface area contributed by atoms with Crippen LogP contribution < -0.4 is 0 Å². The third kappa shape index (κ3) is 13.2. The van der Waals surface area contributed by atoms with Gasteiger partial charge in [-0.2, -0.15) is 0 Å². The molecule has 3 saturated heterocycles. The van der Waals surface area contributed by atoms with Gasteiger partial charge in [-0.3, -0.25) is 0 Å². The average Bonchev–Trinajstić information content (AvgIpc) is 3.37. The van der Waals surface area contributed by atoms with Gasteiger partial charge in [0.25, 0.3) is 0 Å². The summed E-state index contributed by atoms with van der Waals surface area (Å²) in [5, 5.41) is -0.0418. The standard InChI is InChI=1S/C57H72O10SSi/c1-8-68-56-53(61-37-44-30-20-12-21-31-44)51(59-35-42-26-16-10-17-27-42)49(47(65-56)39-63-69(6,7)57(4,5)40(2)3)67-55-52(60-36-43-28-18-11-19-29-43)50(58-34-41-24-14-9-15-25-41)48-46(64-55)38-62-54(66-48)45-32-22-13-23-33-45/h9-33,40,46-56H,8,34-39H2,1-7H3/t46-,47-,48-,49-,50+,51+,52-,53-,54-,55-,56+/m1/s1. The first-order valence-corrected chi connectivity index (χ1v) is 28.6. The molecular weight excluding hydrogens is 905 g/mol. The summed E-state index contributed by atoms with van der Waals surface area (Å²) in [5.41, 5.74) is 4.62. The van der Waals surface area contributed by atoms with Crippen molar-refractivity contribution in [1.82, 2.24) is 0 Å². The van der Waals surface area contributed by atoms with Gasteiger partial charge in [0.1, 0.15) is 54.3 Å². The van der Waals surface area contributed by atoms with Gasteiger partial charge in [-0.15, -0.1) is 11.8 Å². The van der Waals surface area contributed by atoms with Crippen LogP contribution in [0.3, 0.4) is 0 Å². The fourth-order valence-corrected chi connectivity index (χ4v) is 12.4. The van der Waals surface area contributed by atoms with Gasteiger partial charge in [0.2, 0.25) is 0 Å². The lowest BCUT2D eigenvalue weighted by Gasteiger charge is -2.52. The number of fused-ring (bicyclic) bond motifs is 1. The quantitative estimate of drug-likeness (QED) is 0.0621. The number of hydrogen-bond donors (Lipinski definition) is 0. The lowest BCUT2D eigenvalue weighted by molar-refractivity contribution is -0.388. The van der Waals surface area contributed by atoms with Crippen LogP contribution >= 0.6 is 11.8 Å². The third-order valence-corrected chi connectivity index (χ3v) is 19.9. The van der Waals surface area contributed by atoms with E-state index in [1.165, 1.54) is 0 Å². The minimum Gasteiger partial charge on any atom is -0.414 e. The number of rotatable bonds is 22. The maximum atomic E-state index is 7.55. The Balaban J connectivity index is 1.19. The molecule has 11 atom stereocenters. The smallest absolute Gasteiger partial charge is 0.192 e. The molecule has 10 nitrogen and oxygen atoms in total. The van der Waals surface area contributed by atoms with Crippen LogP contribution in [-0.4, -0.2) is 87.8 Å². The van der Waals surface area contributed by atoms with Crippen molar-refractivity contribution in [2.24, 2.45) is 5.92 Å². The molecule has 0 N–H and O–H groups in total. The molecule has 3 aliphatic heterocycles. The molecular formula is C57H72O10SSi. The van der Waals surface area contributed by atoms with E-state index in [4.69, 9.17) is 47.1 Å². The van der Waals surface area contributed by atoms with Crippen molar-refractivity contribution < 1.29 is 47.1 Å². The Bertz CT molecular complexity index is 2240. The number of benzene rings is 5. The number of hydrogen-bond acceptors (Lipinski definition) is 11. The van der Waals surface area contributed by atoms with Crippen molar-refractivity contribution in [3.05, 3.63) is 179 Å². The number of thioether (sulfide) groups is 1. The largest absolute Gasteiger partial charge is 0.414 e. The normalized spacial score (nSPS) is 27.5. The topological polar surface area (TPSA) is 92.3 Å². The Morgan fingerprint density at radius 2 is 1.04 bits per heavy atom. The van der Waals surface area contributed by atoms with E-state index in [1.807, 2.05) is 103 Å². The Labute approximate surface area is 415 Å². The molecule has 0 amide bonds. The molecule has 0 unspecified atom stereocenters. The highest BCUT2D eigenvalue weighted by Crippen LogP contribution is 2.46. The molecule has 3 aliphatic rings. The van der Waals surface area contributed by atoms with Gasteiger partial charge < -0.3 is 47.1 Å². The SMILES string of the molecule is CCS[C@@H]1O[C@H](CO[Si](C)(C)C(C)(C)C(C)C)[C@@H](O[C@H]2O[C@@H]3CO[C@@H](c4ccccc4)O[C@H]3[C@H](OCc3ccccc3)[C@H]2OCc2ccccc2)[C@H](OCc2ccccc2)[C@H]1OCc1ccccc1. The molecule has 8 rings (SSSR count). The average molecular weight is 977 g/mol. The van der Waals surface area contributed by atoms with E-state index in [-0.39, 0.29) is 24.9 Å². The zero-order valence-corrected chi connectivity index (χ0v) is 43.1. The van der Waals surface area contributed by atoms with E-state index in [0.717, 1.165) is 33.6 Å². The summed E-state index contributed by atoms with van der Waals surface area (Å²) in [6.07, 6.45) is -6.70. The first kappa shape index (κ1) is 51.6. The van der Waals surface area contributed by atoms with Gasteiger partial charge in [0.05, 0.1) is 39.6 Å². The van der Waals surface area contributed by atoms with Crippen molar-refractivity contribution in [3.8, 4) is 0 Å². The summed E-state index contributed by atoms with van der Waals surface area (Å²) in [7, 11) is -2.37. The molecule has 0 bridgehead atoms. The monoisotopic (exact) mass is 976 g/mol. The summed E-state index contributed by atoms with van der Waals surface area (Å²) >= 11 is 1.70. The van der Waals surface area contributed by atoms with E-state index in [2.05, 4.69) is 96.2 Å². The van der Waals surface area contributed by atoms with Gasteiger partial charge >= 0.3 is 0 Å². The Morgan fingerprint density at radius 1 is 0.580 bits per heavy atom. The Morgan fingerprint density at radius 3 is 1.54 bits per heavy atom. The van der Waals surface area contributed by atoms with Crippen molar-refractivity contribution in [1.29, 1.82) is 0 Å². The molecule has 0 saturated carbocycles. The lowest BCUT2D eigenvalue weighted by Crippen LogP contribution is -2.67. The molecule has 0 aromatic heterocycles. The first-order valence-electron chi connectivity index (χ1n) is 24.7. The molecule has 0 spiro atoms. The zero-order chi connectivity index (χ0) is 48.2. The zero-order valence-electron chi connectivity index (χ0n) is 41.3. The fourth-order valence-electron chi connectivity index (χ4n) is 9.04. The second kappa shape index (κ2) is 24.6. The van der Waals surface area contributed by atoms with Crippen LogP contribution in [0.2, 0.25) is 18.1 Å². The van der Waals surface area contributed by atoms with Gasteiger partial charge in [-0.1, -0.05) is 186 Å². The minimum atomic E-state index is -2.37. The first-order chi connectivity index (χ1) is 33.5. The predicted molar refractivity (Wildman–Crippen MR) is 273 cm³/mol. The van der Waals surface area contributed by atoms with E-state index in [0.29, 0.717) is 25.7 Å². The predicted octanol–water partition coefficient (Wildman–Crippen LogP) is 11.7. The van der Waals surface area contributed by atoms with Crippen molar-refractivity contribution >= 4 is 20.1 Å². The summed E-state index contributed by atoms with van der Waals surface area (Å²) in [4.78, 5) is 0. The molecule has 370 valence electrons. The third-order valence-electron chi connectivity index (χ3n) is 14.3. The van der Waals surface area contributed by atoms with Crippen LogP contribution in [0, 0.1) is 5.92 Å². The maximum absolute atomic E-state index is 7.55. The molecule has 0 radical (unpaired) electrons. The van der Waals surface area contributed by atoms with Gasteiger partial charge in [-0.25, -0.2) is 0 Å². The Kier molecular flexibility index (Phi) is 18.4. The van der Waals surface area contributed by atoms with Crippen LogP contribution in [0.25, 0.3) is 0 Å². The molecule has 3 heterocycles. The summed E-state index contributed by atoms with van der Waals surface area (Å²) in [6, 6.07) is 50.7. The second-order valence-corrected chi connectivity index (χ2v) is 25.5. The highest BCUT2D eigenvalue weighted by molar-refractivity contribution is 7.99. The molecule has 5 aromatic rings. The second-order valence-electron chi connectivity index (χ2n) is 19.6. The summed E-state index contributed by atoms with van der Waals surface area (Å²) < 4.78 is 70.7. The van der Waals surface area contributed by atoms with Gasteiger partial charge in [-0.05, 0) is 52.1 Å². The van der Waals surface area contributed by atoms with Crippen LogP contribution in [0.15, 0.2) is 152 Å². The molecule has 3 fully saturated rings. The minimum absolute atomic E-state index is 0.0418. The van der Waals surface area contributed by atoms with E-state index >= 15 is 0 Å². The van der Waals surface area contributed by atoms with Crippen LogP contribution in [0.5, 0.6) is 0 Å². The highest BCUT2D eigenvalue weighted by Gasteiger charge is 2.56. The van der Waals surface area contributed by atoms with Crippen LogP contribution in [0.1, 0.15) is 68.7 Å². The van der Waals surface area contributed by atoms with Gasteiger partial charge in [0, 0.05) is 5.56 Å². The molecule has 69 heavy (non-hydrogen) atoms. The lowest BCUT2D eigenvalue weighted by atomic mass is 9.95. The van der Waals surface area contributed by atoms with E-state index in [9.17, 15) is 0 Å². The molecule has 5 aromatic carbocycles. The Hall–Kier alpha value is -3.73. The van der Waals surface area contributed by atoms with E-state index < -0.39 is 75.2 Å². The highest BCUT2D eigenvalue weighted by atomic mass is 32.2. The van der Waals surface area contributed by atoms with Crippen LogP contribution in [0.4, 0.5) is 0 Å². The summed E-state index contributed by atoms with van der Waals surface area (Å²) in [5.74, 6) is 1.20. The molecule has 0 aliphatic carbocycles. The van der Waals surface area contributed by atoms with E-state index in [1.54, 1.807) is 11.8 Å². The maximum Gasteiger partial charge on any atom is 0.192 e.